The Morgan fingerprint density at radius 3 is 0.857 bits per heavy atom. The molecule has 0 bridgehead atoms. The molecule has 21 heavy (non-hydrogen) atoms. The van der Waals surface area contributed by atoms with E-state index in [0.29, 0.717) is 0 Å². The Morgan fingerprint density at radius 2 is 0.619 bits per heavy atom. The lowest BCUT2D eigenvalue weighted by molar-refractivity contribution is 0.526. The van der Waals surface area contributed by atoms with Crippen molar-refractivity contribution in [3.05, 3.63) is 0 Å². The van der Waals surface area contributed by atoms with Crippen LogP contribution in [0.5, 0.6) is 0 Å². The predicted molar refractivity (Wildman–Crippen MR) is 99.5 cm³/mol. The molecule has 0 atom stereocenters. The van der Waals surface area contributed by atoms with Crippen LogP contribution in [0.4, 0.5) is 0 Å². The molecule has 128 valence electrons. The molecule has 0 amide bonds. The van der Waals surface area contributed by atoms with Crippen LogP contribution in [0, 0.1) is 0 Å². The number of alkyl halides is 1. The number of halogens is 1. The molecule has 0 aromatic rings. The van der Waals surface area contributed by atoms with E-state index in [1.807, 2.05) is 0 Å². The molecular formula is C20H41Cl. The fraction of sp³-hybridized carbons (Fsp3) is 1.00. The first-order valence-corrected chi connectivity index (χ1v) is 10.5. The highest BCUT2D eigenvalue weighted by molar-refractivity contribution is 6.17. The molecule has 0 aromatic carbocycles. The van der Waals surface area contributed by atoms with Gasteiger partial charge < -0.3 is 0 Å². The number of hydrogen-bond donors (Lipinski definition) is 0. The Hall–Kier alpha value is 0.290. The van der Waals surface area contributed by atoms with E-state index in [1.54, 1.807) is 0 Å². The smallest absolute Gasteiger partial charge is 0.0223 e. The van der Waals surface area contributed by atoms with Crippen LogP contribution < -0.4 is 0 Å². The molecule has 0 aliphatic heterocycles. The third-order valence-electron chi connectivity index (χ3n) is 4.49. The number of hydrogen-bond acceptors (Lipinski definition) is 0. The summed E-state index contributed by atoms with van der Waals surface area (Å²) in [6, 6.07) is 0. The summed E-state index contributed by atoms with van der Waals surface area (Å²) in [5.74, 6) is 0.846. The van der Waals surface area contributed by atoms with Gasteiger partial charge in [0, 0.05) is 5.88 Å². The lowest BCUT2D eigenvalue weighted by atomic mass is 10.0. The average Bonchev–Trinajstić information content (AvgIpc) is 2.50. The van der Waals surface area contributed by atoms with Crippen molar-refractivity contribution >= 4 is 11.6 Å². The second kappa shape index (κ2) is 20.3. The highest BCUT2D eigenvalue weighted by Gasteiger charge is 1.94. The van der Waals surface area contributed by atoms with Gasteiger partial charge >= 0.3 is 0 Å². The van der Waals surface area contributed by atoms with E-state index in [2.05, 4.69) is 6.92 Å². The molecule has 1 heteroatoms. The van der Waals surface area contributed by atoms with Crippen LogP contribution in [0.25, 0.3) is 0 Å². The van der Waals surface area contributed by atoms with Crippen molar-refractivity contribution in [2.45, 2.75) is 122 Å². The molecule has 0 unspecified atom stereocenters. The summed E-state index contributed by atoms with van der Waals surface area (Å²) >= 11 is 5.67. The van der Waals surface area contributed by atoms with Crippen LogP contribution >= 0.6 is 11.6 Å². The van der Waals surface area contributed by atoms with Gasteiger partial charge in [0.1, 0.15) is 0 Å². The van der Waals surface area contributed by atoms with Crippen molar-refractivity contribution in [1.29, 1.82) is 0 Å². The molecule has 0 aliphatic carbocycles. The fourth-order valence-corrected chi connectivity index (χ4v) is 3.19. The van der Waals surface area contributed by atoms with Crippen LogP contribution in [0.15, 0.2) is 0 Å². The van der Waals surface area contributed by atoms with Crippen molar-refractivity contribution in [2.75, 3.05) is 5.88 Å². The standard InChI is InChI=1S/C20H41Cl/c1-2-3-4-5-6-7-8-9-10-11-12-13-14-15-16-17-18-19-20-21/h2-20H2,1H3. The lowest BCUT2D eigenvalue weighted by Gasteiger charge is -2.03. The summed E-state index contributed by atoms with van der Waals surface area (Å²) < 4.78 is 0. The maximum atomic E-state index is 5.67. The van der Waals surface area contributed by atoms with Crippen molar-refractivity contribution in [1.82, 2.24) is 0 Å². The molecule has 0 saturated carbocycles. The first-order chi connectivity index (χ1) is 10.4. The van der Waals surface area contributed by atoms with Gasteiger partial charge in [-0.2, -0.15) is 0 Å². The van der Waals surface area contributed by atoms with Gasteiger partial charge in [0.15, 0.2) is 0 Å². The summed E-state index contributed by atoms with van der Waals surface area (Å²) in [6.07, 6.45) is 25.8. The van der Waals surface area contributed by atoms with Crippen molar-refractivity contribution in [2.24, 2.45) is 0 Å². The van der Waals surface area contributed by atoms with Crippen LogP contribution in [0.2, 0.25) is 0 Å². The van der Waals surface area contributed by atoms with Gasteiger partial charge in [0.05, 0.1) is 0 Å². The van der Waals surface area contributed by atoms with Gasteiger partial charge in [-0.1, -0.05) is 116 Å². The Kier molecular flexibility index (Phi) is 20.6. The van der Waals surface area contributed by atoms with Crippen molar-refractivity contribution in [3.63, 3.8) is 0 Å². The minimum atomic E-state index is 0.846. The maximum Gasteiger partial charge on any atom is 0.0223 e. The second-order valence-electron chi connectivity index (χ2n) is 6.70. The minimum Gasteiger partial charge on any atom is -0.127 e. The fourth-order valence-electron chi connectivity index (χ4n) is 3.00. The molecule has 0 rings (SSSR count). The quantitative estimate of drug-likeness (QED) is 0.176. The molecule has 0 N–H and O–H groups in total. The van der Waals surface area contributed by atoms with E-state index < -0.39 is 0 Å². The monoisotopic (exact) mass is 316 g/mol. The first-order valence-electron chi connectivity index (χ1n) is 9.97. The number of unbranched alkanes of at least 4 members (excludes halogenated alkanes) is 17. The van der Waals surface area contributed by atoms with Gasteiger partial charge in [-0.05, 0) is 6.42 Å². The predicted octanol–water partition coefficient (Wildman–Crippen LogP) is 8.27. The third kappa shape index (κ3) is 20.3. The van der Waals surface area contributed by atoms with Crippen LogP contribution in [0.1, 0.15) is 122 Å². The van der Waals surface area contributed by atoms with E-state index in [4.69, 9.17) is 11.6 Å². The number of rotatable bonds is 18. The normalized spacial score (nSPS) is 11.1. The second-order valence-corrected chi connectivity index (χ2v) is 7.08. The highest BCUT2D eigenvalue weighted by Crippen LogP contribution is 2.14. The Labute approximate surface area is 140 Å². The molecule has 0 aliphatic rings. The first kappa shape index (κ1) is 21.3. The van der Waals surface area contributed by atoms with E-state index in [9.17, 15) is 0 Å². The van der Waals surface area contributed by atoms with Crippen molar-refractivity contribution in [3.8, 4) is 0 Å². The van der Waals surface area contributed by atoms with E-state index in [0.717, 1.165) is 5.88 Å². The molecule has 0 radical (unpaired) electrons. The molecule has 0 saturated heterocycles. The molecule has 0 aromatic heterocycles. The highest BCUT2D eigenvalue weighted by atomic mass is 35.5. The Balaban J connectivity index is 2.90. The minimum absolute atomic E-state index is 0.846. The van der Waals surface area contributed by atoms with E-state index in [-0.39, 0.29) is 0 Å². The molecule has 0 heterocycles. The van der Waals surface area contributed by atoms with Gasteiger partial charge in [0.25, 0.3) is 0 Å². The van der Waals surface area contributed by atoms with Gasteiger partial charge in [0.2, 0.25) is 0 Å². The van der Waals surface area contributed by atoms with Gasteiger partial charge in [-0.3, -0.25) is 0 Å². The molecule has 0 spiro atoms. The molecular weight excluding hydrogens is 276 g/mol. The molecule has 0 fully saturated rings. The zero-order chi connectivity index (χ0) is 15.4. The summed E-state index contributed by atoms with van der Waals surface area (Å²) in [5.41, 5.74) is 0. The average molecular weight is 317 g/mol. The topological polar surface area (TPSA) is 0 Å². The van der Waals surface area contributed by atoms with E-state index >= 15 is 0 Å². The van der Waals surface area contributed by atoms with Crippen molar-refractivity contribution < 1.29 is 0 Å². The van der Waals surface area contributed by atoms with Crippen LogP contribution in [-0.4, -0.2) is 5.88 Å². The molecule has 0 nitrogen and oxygen atoms in total. The SMILES string of the molecule is CCCCCCCCCCCCCCCCCCCCCl. The summed E-state index contributed by atoms with van der Waals surface area (Å²) in [4.78, 5) is 0. The summed E-state index contributed by atoms with van der Waals surface area (Å²) in [5, 5.41) is 0. The van der Waals surface area contributed by atoms with Crippen LogP contribution in [0.3, 0.4) is 0 Å². The summed E-state index contributed by atoms with van der Waals surface area (Å²) in [6.45, 7) is 2.29. The van der Waals surface area contributed by atoms with Gasteiger partial charge in [-0.15, -0.1) is 11.6 Å². The largest absolute Gasteiger partial charge is 0.127 e. The van der Waals surface area contributed by atoms with Crippen LogP contribution in [-0.2, 0) is 0 Å². The Morgan fingerprint density at radius 1 is 0.381 bits per heavy atom. The third-order valence-corrected chi connectivity index (χ3v) is 4.75. The maximum absolute atomic E-state index is 5.67. The van der Waals surface area contributed by atoms with Gasteiger partial charge in [-0.25, -0.2) is 0 Å². The summed E-state index contributed by atoms with van der Waals surface area (Å²) in [7, 11) is 0. The zero-order valence-electron chi connectivity index (χ0n) is 14.8. The zero-order valence-corrected chi connectivity index (χ0v) is 15.6. The lowest BCUT2D eigenvalue weighted by Crippen LogP contribution is -1.84. The van der Waals surface area contributed by atoms with E-state index in [1.165, 1.54) is 116 Å². The Bertz CT molecular complexity index is 149.